The Hall–Kier alpha value is -3.50. The fourth-order valence-corrected chi connectivity index (χ4v) is 10.00. The fourth-order valence-electron chi connectivity index (χ4n) is 7.38. The Balaban J connectivity index is 1.39. The highest BCUT2D eigenvalue weighted by Gasteiger charge is 2.37. The van der Waals surface area contributed by atoms with Gasteiger partial charge in [-0.15, -0.1) is 22.7 Å². The zero-order chi connectivity index (χ0) is 37.8. The predicted octanol–water partition coefficient (Wildman–Crippen LogP) is 10.5. The molecule has 10 heteroatoms. The molecule has 0 bridgehead atoms. The van der Waals surface area contributed by atoms with Gasteiger partial charge in [0.2, 0.25) is 0 Å². The van der Waals surface area contributed by atoms with Crippen LogP contribution in [0.2, 0.25) is 0 Å². The Morgan fingerprint density at radius 2 is 1.10 bits per heavy atom. The van der Waals surface area contributed by atoms with Gasteiger partial charge in [0.1, 0.15) is 10.0 Å². The van der Waals surface area contributed by atoms with Crippen LogP contribution >= 0.6 is 22.7 Å². The van der Waals surface area contributed by atoms with E-state index in [0.29, 0.717) is 59.0 Å². The monoisotopic (exact) mass is 748 g/mol. The lowest BCUT2D eigenvalue weighted by atomic mass is 9.69. The number of amides is 2. The molecule has 0 aliphatic heterocycles. The van der Waals surface area contributed by atoms with Gasteiger partial charge in [-0.25, -0.2) is 9.59 Å². The number of ether oxygens (including phenoxy) is 2. The molecule has 2 aromatic heterocycles. The van der Waals surface area contributed by atoms with Gasteiger partial charge in [0, 0.05) is 20.9 Å². The number of rotatable bonds is 14. The largest absolute Gasteiger partial charge is 0.462 e. The number of hydrogen-bond donors (Lipinski definition) is 2. The van der Waals surface area contributed by atoms with E-state index in [1.165, 1.54) is 22.7 Å². The molecule has 0 saturated carbocycles. The Morgan fingerprint density at radius 3 is 1.46 bits per heavy atom. The average molecular weight is 749 g/mol. The molecular formula is C42H56N2O6S2. The van der Waals surface area contributed by atoms with E-state index in [0.717, 1.165) is 72.2 Å². The van der Waals surface area contributed by atoms with Crippen molar-refractivity contribution >= 4 is 56.4 Å². The molecule has 3 aromatic rings. The van der Waals surface area contributed by atoms with Crippen molar-refractivity contribution < 1.29 is 28.7 Å². The van der Waals surface area contributed by atoms with E-state index in [9.17, 15) is 19.2 Å². The van der Waals surface area contributed by atoms with Crippen LogP contribution in [0.15, 0.2) is 24.3 Å². The van der Waals surface area contributed by atoms with Crippen LogP contribution in [0.5, 0.6) is 0 Å². The average Bonchev–Trinajstić information content (AvgIpc) is 3.69. The van der Waals surface area contributed by atoms with E-state index in [1.54, 1.807) is 24.3 Å². The van der Waals surface area contributed by atoms with Crippen LogP contribution in [0, 0.1) is 22.7 Å². The standard InChI is InChI=1S/C42H56N2O6S2/c1-9-20-49-39(47)33-29-18-16-27(41(5,6)11-3)23-31(29)51-37(33)43-35(45)25-14-13-15-26(22-25)36(46)44-38-34(40(48)50-21-10-2)30-19-17-28(24-32(30)52-38)42(7,8)12-4/h13-15,22,27-28H,9-12,16-21,23-24H2,1-8H3,(H,43,45)(H,44,46). The summed E-state index contributed by atoms with van der Waals surface area (Å²) in [6.07, 6.45) is 8.73. The van der Waals surface area contributed by atoms with Gasteiger partial charge < -0.3 is 20.1 Å². The summed E-state index contributed by atoms with van der Waals surface area (Å²) in [6, 6.07) is 6.53. The second-order valence-corrected chi connectivity index (χ2v) is 18.0. The number of carbonyl (C=O) groups excluding carboxylic acids is 4. The van der Waals surface area contributed by atoms with Gasteiger partial charge in [-0.3, -0.25) is 9.59 Å². The van der Waals surface area contributed by atoms with Crippen LogP contribution < -0.4 is 10.6 Å². The molecule has 2 atom stereocenters. The van der Waals surface area contributed by atoms with E-state index in [1.807, 2.05) is 13.8 Å². The number of anilines is 2. The van der Waals surface area contributed by atoms with Gasteiger partial charge in [-0.05, 0) is 103 Å². The molecule has 0 saturated heterocycles. The minimum Gasteiger partial charge on any atom is -0.462 e. The molecule has 2 aliphatic carbocycles. The molecule has 2 aliphatic rings. The second kappa shape index (κ2) is 16.7. The summed E-state index contributed by atoms with van der Waals surface area (Å²) in [5.74, 6) is -0.685. The van der Waals surface area contributed by atoms with Gasteiger partial charge in [-0.2, -0.15) is 0 Å². The summed E-state index contributed by atoms with van der Waals surface area (Å²) >= 11 is 2.92. The predicted molar refractivity (Wildman–Crippen MR) is 211 cm³/mol. The number of hydrogen-bond acceptors (Lipinski definition) is 8. The highest BCUT2D eigenvalue weighted by Crippen LogP contribution is 2.47. The first-order valence-corrected chi connectivity index (χ1v) is 20.7. The molecule has 1 aromatic carbocycles. The Labute approximate surface area is 317 Å². The first-order valence-electron chi connectivity index (χ1n) is 19.1. The zero-order valence-corrected chi connectivity index (χ0v) is 33.8. The van der Waals surface area contributed by atoms with E-state index < -0.39 is 23.8 Å². The second-order valence-electron chi connectivity index (χ2n) is 15.7. The van der Waals surface area contributed by atoms with Crippen LogP contribution in [-0.2, 0) is 35.2 Å². The first-order chi connectivity index (χ1) is 24.7. The van der Waals surface area contributed by atoms with Gasteiger partial charge >= 0.3 is 11.9 Å². The lowest BCUT2D eigenvalue weighted by molar-refractivity contribution is 0.0495. The van der Waals surface area contributed by atoms with Gasteiger partial charge in [-0.1, -0.05) is 74.3 Å². The minimum absolute atomic E-state index is 0.169. The summed E-state index contributed by atoms with van der Waals surface area (Å²) in [6.45, 7) is 18.2. The number of thiophene rings is 2. The van der Waals surface area contributed by atoms with E-state index in [4.69, 9.17) is 9.47 Å². The van der Waals surface area contributed by atoms with Crippen molar-refractivity contribution in [2.45, 2.75) is 120 Å². The molecule has 52 heavy (non-hydrogen) atoms. The summed E-state index contributed by atoms with van der Waals surface area (Å²) < 4.78 is 11.2. The summed E-state index contributed by atoms with van der Waals surface area (Å²) in [5, 5.41) is 7.00. The molecule has 0 radical (unpaired) electrons. The molecule has 2 amide bonds. The highest BCUT2D eigenvalue weighted by atomic mass is 32.1. The van der Waals surface area contributed by atoms with Crippen molar-refractivity contribution in [1.29, 1.82) is 0 Å². The molecule has 0 spiro atoms. The van der Waals surface area contributed by atoms with Crippen molar-refractivity contribution in [3.63, 3.8) is 0 Å². The quantitative estimate of drug-likeness (QED) is 0.159. The summed E-state index contributed by atoms with van der Waals surface area (Å²) in [4.78, 5) is 56.5. The van der Waals surface area contributed by atoms with E-state index in [-0.39, 0.29) is 22.0 Å². The highest BCUT2D eigenvalue weighted by molar-refractivity contribution is 7.17. The zero-order valence-electron chi connectivity index (χ0n) is 32.2. The minimum atomic E-state index is -0.414. The maximum absolute atomic E-state index is 13.8. The van der Waals surface area contributed by atoms with Crippen molar-refractivity contribution in [3.8, 4) is 0 Å². The van der Waals surface area contributed by atoms with Crippen LogP contribution in [0.1, 0.15) is 156 Å². The first kappa shape index (κ1) is 39.7. The third kappa shape index (κ3) is 8.49. The Bertz CT molecular complexity index is 1680. The topological polar surface area (TPSA) is 111 Å². The summed E-state index contributed by atoms with van der Waals surface area (Å²) in [5.41, 5.74) is 3.78. The van der Waals surface area contributed by atoms with Gasteiger partial charge in [0.05, 0.1) is 24.3 Å². The molecule has 5 rings (SSSR count). The fraction of sp³-hybridized carbons (Fsp3) is 0.571. The third-order valence-corrected chi connectivity index (χ3v) is 14.0. The van der Waals surface area contributed by atoms with Crippen LogP contribution in [0.3, 0.4) is 0 Å². The SMILES string of the molecule is CCCOC(=O)c1c(NC(=O)c2cccc(C(=O)Nc3sc4c(c3C(=O)OCCC)CCC(C(C)(C)CC)C4)c2)sc2c1CCC(C(C)(C)CC)C2. The molecule has 2 heterocycles. The lowest BCUT2D eigenvalue weighted by Gasteiger charge is -2.36. The Morgan fingerprint density at radius 1 is 0.692 bits per heavy atom. The molecular weight excluding hydrogens is 693 g/mol. The lowest BCUT2D eigenvalue weighted by Crippen LogP contribution is -2.28. The van der Waals surface area contributed by atoms with E-state index >= 15 is 0 Å². The van der Waals surface area contributed by atoms with Crippen molar-refractivity contribution in [2.24, 2.45) is 22.7 Å². The van der Waals surface area contributed by atoms with Gasteiger partial charge in [0.25, 0.3) is 11.8 Å². The van der Waals surface area contributed by atoms with Crippen LogP contribution in [-0.4, -0.2) is 37.0 Å². The molecule has 282 valence electrons. The van der Waals surface area contributed by atoms with Crippen molar-refractivity contribution in [3.05, 3.63) is 67.4 Å². The number of benzene rings is 1. The maximum Gasteiger partial charge on any atom is 0.341 e. The number of carbonyl (C=O) groups is 4. The summed E-state index contributed by atoms with van der Waals surface area (Å²) in [7, 11) is 0. The molecule has 8 nitrogen and oxygen atoms in total. The third-order valence-electron chi connectivity index (χ3n) is 11.7. The van der Waals surface area contributed by atoms with Crippen LogP contribution in [0.25, 0.3) is 0 Å². The normalized spacial score (nSPS) is 17.2. The number of nitrogens with one attached hydrogen (secondary N) is 2. The van der Waals surface area contributed by atoms with Crippen molar-refractivity contribution in [2.75, 3.05) is 23.8 Å². The van der Waals surface area contributed by atoms with E-state index in [2.05, 4.69) is 52.2 Å². The van der Waals surface area contributed by atoms with Crippen molar-refractivity contribution in [1.82, 2.24) is 0 Å². The van der Waals surface area contributed by atoms with Crippen LogP contribution in [0.4, 0.5) is 10.0 Å². The maximum atomic E-state index is 13.8. The smallest absolute Gasteiger partial charge is 0.341 e. The number of esters is 2. The molecule has 2 unspecified atom stereocenters. The molecule has 0 fully saturated rings. The molecule has 2 N–H and O–H groups in total. The van der Waals surface area contributed by atoms with Gasteiger partial charge in [0.15, 0.2) is 0 Å². The number of fused-ring (bicyclic) bond motifs is 2. The Kier molecular flexibility index (Phi) is 12.7.